The molecule has 0 bridgehead atoms. The highest BCUT2D eigenvalue weighted by molar-refractivity contribution is 8.00. The van der Waals surface area contributed by atoms with E-state index in [-0.39, 0.29) is 29.9 Å². The molecule has 0 radical (unpaired) electrons. The quantitative estimate of drug-likeness (QED) is 0.0784. The van der Waals surface area contributed by atoms with Crippen molar-refractivity contribution in [2.45, 2.75) is 75.6 Å². The van der Waals surface area contributed by atoms with E-state index in [1.807, 2.05) is 65.7 Å². The van der Waals surface area contributed by atoms with Gasteiger partial charge in [0.25, 0.3) is 0 Å². The van der Waals surface area contributed by atoms with E-state index in [0.717, 1.165) is 78.0 Å². The van der Waals surface area contributed by atoms with Crippen LogP contribution in [0.2, 0.25) is 0 Å². The Balaban J connectivity index is 0.954. The van der Waals surface area contributed by atoms with Crippen molar-refractivity contribution in [3.63, 3.8) is 0 Å². The van der Waals surface area contributed by atoms with Crippen LogP contribution in [0.25, 0.3) is 28.1 Å². The Labute approximate surface area is 308 Å². The molecule has 2 aliphatic heterocycles. The average molecular weight is 730 g/mol. The number of rotatable bonds is 17. The van der Waals surface area contributed by atoms with Crippen molar-refractivity contribution in [1.29, 1.82) is 0 Å². The number of carbonyl (C=O) groups excluding carboxylic acids is 3. The van der Waals surface area contributed by atoms with E-state index in [9.17, 15) is 14.4 Å². The van der Waals surface area contributed by atoms with Crippen LogP contribution >= 0.6 is 11.8 Å². The maximum absolute atomic E-state index is 12.9. The number of anilines is 1. The van der Waals surface area contributed by atoms with Crippen molar-refractivity contribution in [2.24, 2.45) is 0 Å². The standard InChI is InChI=1S/C38H47N7O6S/c1-23-13-14-24(26-15-16-27-37(42-26)45(22-40-27)25-19-30(49-2)36(51-4)31(20-25)50-3)18-28(23)41-34(47)12-6-5-9-17-39-33(46)11-8-7-10-32-35-29(21-52-32)43-38(48)44-35/h13-16,18-20,22,29,32,35H,5-12,17,21H2,1-4H3,(H,39,46)(H,41,47)(H2,43,44,48)/t29-,32-,35-/m0/s1. The van der Waals surface area contributed by atoms with Crippen LogP contribution in [-0.4, -0.2) is 83.3 Å². The molecule has 2 saturated heterocycles. The Morgan fingerprint density at radius 2 is 1.69 bits per heavy atom. The summed E-state index contributed by atoms with van der Waals surface area (Å²) >= 11 is 1.90. The number of pyridine rings is 1. The summed E-state index contributed by atoms with van der Waals surface area (Å²) in [4.78, 5) is 46.3. The number of amides is 4. The van der Waals surface area contributed by atoms with Gasteiger partial charge >= 0.3 is 6.03 Å². The van der Waals surface area contributed by atoms with Gasteiger partial charge in [0, 0.05) is 53.8 Å². The summed E-state index contributed by atoms with van der Waals surface area (Å²) in [5.41, 5.74) is 5.44. The van der Waals surface area contributed by atoms with Gasteiger partial charge in [-0.2, -0.15) is 11.8 Å². The summed E-state index contributed by atoms with van der Waals surface area (Å²) in [6, 6.07) is 13.8. The number of hydrogen-bond acceptors (Lipinski definition) is 9. The van der Waals surface area contributed by atoms with Crippen LogP contribution < -0.4 is 35.5 Å². The summed E-state index contributed by atoms with van der Waals surface area (Å²) in [6.07, 6.45) is 7.83. The highest BCUT2D eigenvalue weighted by Crippen LogP contribution is 2.40. The van der Waals surface area contributed by atoms with Gasteiger partial charge < -0.3 is 35.5 Å². The Kier molecular flexibility index (Phi) is 12.0. The third-order valence-corrected chi connectivity index (χ3v) is 11.1. The van der Waals surface area contributed by atoms with Crippen molar-refractivity contribution < 1.29 is 28.6 Å². The lowest BCUT2D eigenvalue weighted by molar-refractivity contribution is -0.121. The molecule has 2 fully saturated rings. The Hall–Kier alpha value is -4.98. The number of nitrogens with one attached hydrogen (secondary N) is 4. The second-order valence-electron chi connectivity index (χ2n) is 13.1. The molecule has 0 unspecified atom stereocenters. The smallest absolute Gasteiger partial charge is 0.315 e. The van der Waals surface area contributed by atoms with E-state index in [0.29, 0.717) is 47.5 Å². The summed E-state index contributed by atoms with van der Waals surface area (Å²) in [7, 11) is 4.72. The van der Waals surface area contributed by atoms with Crippen LogP contribution in [0.1, 0.15) is 56.9 Å². The Morgan fingerprint density at radius 1 is 0.923 bits per heavy atom. The molecule has 14 heteroatoms. The number of nitrogens with zero attached hydrogens (tertiary/aromatic N) is 3. The normalized spacial score (nSPS) is 17.7. The molecule has 276 valence electrons. The lowest BCUT2D eigenvalue weighted by Crippen LogP contribution is -2.36. The van der Waals surface area contributed by atoms with Crippen molar-refractivity contribution >= 4 is 46.5 Å². The molecule has 4 aromatic rings. The summed E-state index contributed by atoms with van der Waals surface area (Å²) in [6.45, 7) is 2.57. The molecule has 0 saturated carbocycles. The van der Waals surface area contributed by atoms with E-state index in [4.69, 9.17) is 19.2 Å². The molecule has 4 heterocycles. The monoisotopic (exact) mass is 729 g/mol. The van der Waals surface area contributed by atoms with Gasteiger partial charge in [-0.15, -0.1) is 0 Å². The zero-order valence-electron chi connectivity index (χ0n) is 30.1. The zero-order chi connectivity index (χ0) is 36.6. The molecule has 0 aliphatic carbocycles. The number of aromatic nitrogens is 3. The minimum absolute atomic E-state index is 0.0483. The van der Waals surface area contributed by atoms with Crippen LogP contribution in [0.15, 0.2) is 48.8 Å². The van der Waals surface area contributed by atoms with E-state index in [1.54, 1.807) is 27.7 Å². The third-order valence-electron chi connectivity index (χ3n) is 9.61. The summed E-state index contributed by atoms with van der Waals surface area (Å²) in [5.74, 6) is 2.52. The molecule has 52 heavy (non-hydrogen) atoms. The molecule has 2 aromatic carbocycles. The number of urea groups is 1. The molecule has 6 rings (SSSR count). The van der Waals surface area contributed by atoms with Gasteiger partial charge in [0.15, 0.2) is 17.1 Å². The fourth-order valence-corrected chi connectivity index (χ4v) is 8.30. The largest absolute Gasteiger partial charge is 0.493 e. The lowest BCUT2D eigenvalue weighted by Gasteiger charge is -2.16. The third kappa shape index (κ3) is 8.55. The summed E-state index contributed by atoms with van der Waals surface area (Å²) < 4.78 is 18.4. The number of benzene rings is 2. The van der Waals surface area contributed by atoms with Gasteiger partial charge in [0.05, 0.1) is 44.8 Å². The SMILES string of the molecule is COc1cc(-n2cnc3ccc(-c4ccc(C)c(NC(=O)CCCCCNC(=O)CCCC[C@@H]5SC[C@@H]6NC(=O)N[C@@H]65)c4)nc32)cc(OC)c1OC. The fourth-order valence-electron chi connectivity index (χ4n) is 6.76. The van der Waals surface area contributed by atoms with Gasteiger partial charge in [-0.1, -0.05) is 25.0 Å². The number of imidazole rings is 1. The average Bonchev–Trinajstić information content (AvgIpc) is 3.85. The first kappa shape index (κ1) is 36.8. The highest BCUT2D eigenvalue weighted by Gasteiger charge is 2.42. The minimum Gasteiger partial charge on any atom is -0.493 e. The molecular formula is C38H47N7O6S. The molecule has 2 aromatic heterocycles. The van der Waals surface area contributed by atoms with Crippen molar-refractivity contribution in [3.05, 3.63) is 54.4 Å². The second kappa shape index (κ2) is 17.0. The van der Waals surface area contributed by atoms with Gasteiger partial charge in [0.1, 0.15) is 11.8 Å². The van der Waals surface area contributed by atoms with E-state index >= 15 is 0 Å². The van der Waals surface area contributed by atoms with Gasteiger partial charge in [-0.25, -0.2) is 14.8 Å². The Morgan fingerprint density at radius 3 is 2.46 bits per heavy atom. The number of methoxy groups -OCH3 is 3. The fraction of sp³-hybridized carbons (Fsp3) is 0.447. The van der Waals surface area contributed by atoms with Crippen LogP contribution in [0.4, 0.5) is 10.5 Å². The zero-order valence-corrected chi connectivity index (χ0v) is 30.9. The number of unbranched alkanes of at least 4 members (excludes halogenated alkanes) is 3. The van der Waals surface area contributed by atoms with Gasteiger partial charge in [-0.05, 0) is 56.4 Å². The molecule has 0 spiro atoms. The summed E-state index contributed by atoms with van der Waals surface area (Å²) in [5, 5.41) is 12.5. The van der Waals surface area contributed by atoms with Crippen molar-refractivity contribution in [3.8, 4) is 34.2 Å². The molecular weight excluding hydrogens is 683 g/mol. The first-order valence-electron chi connectivity index (χ1n) is 17.8. The maximum atomic E-state index is 12.9. The predicted molar refractivity (Wildman–Crippen MR) is 203 cm³/mol. The van der Waals surface area contributed by atoms with Gasteiger partial charge in [-0.3, -0.25) is 14.2 Å². The second-order valence-corrected chi connectivity index (χ2v) is 14.4. The van der Waals surface area contributed by atoms with Crippen molar-refractivity contribution in [2.75, 3.05) is 38.9 Å². The number of ether oxygens (including phenoxy) is 3. The molecule has 4 amide bonds. The minimum atomic E-state index is -0.0649. The highest BCUT2D eigenvalue weighted by atomic mass is 32.2. The maximum Gasteiger partial charge on any atom is 0.315 e. The number of carbonyl (C=O) groups is 3. The first-order chi connectivity index (χ1) is 25.3. The number of fused-ring (bicyclic) bond motifs is 2. The molecule has 2 aliphatic rings. The number of aryl methyl sites for hydroxylation is 1. The van der Waals surface area contributed by atoms with E-state index in [1.165, 1.54) is 0 Å². The number of hydrogen-bond donors (Lipinski definition) is 4. The molecule has 4 N–H and O–H groups in total. The van der Waals surface area contributed by atoms with Crippen LogP contribution in [0.3, 0.4) is 0 Å². The van der Waals surface area contributed by atoms with Crippen molar-refractivity contribution in [1.82, 2.24) is 30.5 Å². The van der Waals surface area contributed by atoms with Gasteiger partial charge in [0.2, 0.25) is 17.6 Å². The first-order valence-corrected chi connectivity index (χ1v) is 18.8. The molecule has 13 nitrogen and oxygen atoms in total. The Bertz CT molecular complexity index is 1890. The van der Waals surface area contributed by atoms with Crippen LogP contribution in [-0.2, 0) is 9.59 Å². The molecule has 3 atom stereocenters. The van der Waals surface area contributed by atoms with Crippen LogP contribution in [0.5, 0.6) is 17.2 Å². The van der Waals surface area contributed by atoms with Crippen LogP contribution in [0, 0.1) is 6.92 Å². The predicted octanol–water partition coefficient (Wildman–Crippen LogP) is 5.76. The lowest BCUT2D eigenvalue weighted by atomic mass is 10.0. The topological polar surface area (TPSA) is 158 Å². The van der Waals surface area contributed by atoms with E-state index < -0.39 is 0 Å². The number of thioether (sulfide) groups is 1. The van der Waals surface area contributed by atoms with E-state index in [2.05, 4.69) is 26.3 Å².